The summed E-state index contributed by atoms with van der Waals surface area (Å²) in [7, 11) is 4.34. The summed E-state index contributed by atoms with van der Waals surface area (Å²) in [5, 5.41) is 6.87. The Labute approximate surface area is 122 Å². The van der Waals surface area contributed by atoms with Gasteiger partial charge in [0.1, 0.15) is 18.0 Å². The highest BCUT2D eigenvalue weighted by molar-refractivity contribution is 5.57. The molecule has 0 atom stereocenters. The van der Waals surface area contributed by atoms with Gasteiger partial charge in [0.05, 0.1) is 0 Å². The number of likely N-dealkylation sites (N-methyl/N-ethyl adjacent to an activating group) is 1. The molecule has 0 bridgehead atoms. The van der Waals surface area contributed by atoms with Crippen molar-refractivity contribution in [3.63, 3.8) is 0 Å². The standard InChI is InChI=1S/C15H27N5/c1-5-12-13(16-6-2)18-11-19-14(12)17-10-15(20(3)4)8-7-9-15/h11H,5-10H2,1-4H3,(H2,16,17,18,19). The second-order valence-corrected chi connectivity index (χ2v) is 5.76. The number of hydrogen-bond acceptors (Lipinski definition) is 5. The highest BCUT2D eigenvalue weighted by Crippen LogP contribution is 2.36. The topological polar surface area (TPSA) is 53.1 Å². The minimum atomic E-state index is 0.300. The lowest BCUT2D eigenvalue weighted by Gasteiger charge is -2.47. The van der Waals surface area contributed by atoms with Crippen molar-refractivity contribution in [2.75, 3.05) is 37.8 Å². The van der Waals surface area contributed by atoms with Crippen LogP contribution >= 0.6 is 0 Å². The van der Waals surface area contributed by atoms with Crippen molar-refractivity contribution in [2.45, 2.75) is 45.1 Å². The zero-order valence-corrected chi connectivity index (χ0v) is 13.2. The van der Waals surface area contributed by atoms with Crippen LogP contribution < -0.4 is 10.6 Å². The molecule has 0 aliphatic heterocycles. The third-order valence-corrected chi connectivity index (χ3v) is 4.46. The Morgan fingerprint density at radius 2 is 1.80 bits per heavy atom. The van der Waals surface area contributed by atoms with Crippen molar-refractivity contribution in [1.82, 2.24) is 14.9 Å². The normalized spacial score (nSPS) is 16.9. The quantitative estimate of drug-likeness (QED) is 0.801. The van der Waals surface area contributed by atoms with Crippen LogP contribution in [0, 0.1) is 0 Å². The number of anilines is 2. The molecule has 5 heteroatoms. The van der Waals surface area contributed by atoms with Gasteiger partial charge < -0.3 is 15.5 Å². The Morgan fingerprint density at radius 3 is 2.25 bits per heavy atom. The molecule has 0 saturated heterocycles. The molecule has 0 spiro atoms. The van der Waals surface area contributed by atoms with E-state index in [-0.39, 0.29) is 0 Å². The lowest BCUT2D eigenvalue weighted by Crippen LogP contribution is -2.54. The Kier molecular flexibility index (Phi) is 4.81. The fraction of sp³-hybridized carbons (Fsp3) is 0.733. The molecule has 0 aromatic carbocycles. The second kappa shape index (κ2) is 6.39. The van der Waals surface area contributed by atoms with Gasteiger partial charge >= 0.3 is 0 Å². The van der Waals surface area contributed by atoms with Gasteiger partial charge in [0.15, 0.2) is 0 Å². The van der Waals surface area contributed by atoms with E-state index in [9.17, 15) is 0 Å². The molecule has 2 N–H and O–H groups in total. The Balaban J connectivity index is 2.11. The summed E-state index contributed by atoms with van der Waals surface area (Å²) in [5.41, 5.74) is 1.48. The maximum absolute atomic E-state index is 4.43. The van der Waals surface area contributed by atoms with Crippen LogP contribution in [-0.2, 0) is 6.42 Å². The first-order valence-corrected chi connectivity index (χ1v) is 7.62. The fourth-order valence-corrected chi connectivity index (χ4v) is 2.83. The van der Waals surface area contributed by atoms with Crippen molar-refractivity contribution in [3.8, 4) is 0 Å². The summed E-state index contributed by atoms with van der Waals surface area (Å²) < 4.78 is 0. The molecule has 0 amide bonds. The molecule has 20 heavy (non-hydrogen) atoms. The van der Waals surface area contributed by atoms with E-state index in [2.05, 4.69) is 53.4 Å². The Bertz CT molecular complexity index is 440. The van der Waals surface area contributed by atoms with Crippen molar-refractivity contribution < 1.29 is 0 Å². The van der Waals surface area contributed by atoms with Gasteiger partial charge in [0.2, 0.25) is 0 Å². The summed E-state index contributed by atoms with van der Waals surface area (Å²) in [6.45, 7) is 6.07. The largest absolute Gasteiger partial charge is 0.370 e. The number of hydrogen-bond donors (Lipinski definition) is 2. The van der Waals surface area contributed by atoms with Gasteiger partial charge in [-0.15, -0.1) is 0 Å². The molecular formula is C15H27N5. The molecule has 1 aliphatic rings. The summed E-state index contributed by atoms with van der Waals surface area (Å²) in [5.74, 6) is 1.94. The number of aromatic nitrogens is 2. The third kappa shape index (κ3) is 2.87. The van der Waals surface area contributed by atoms with Crippen LogP contribution in [0.2, 0.25) is 0 Å². The van der Waals surface area contributed by atoms with Gasteiger partial charge in [-0.2, -0.15) is 0 Å². The molecule has 1 heterocycles. The van der Waals surface area contributed by atoms with Crippen molar-refractivity contribution in [1.29, 1.82) is 0 Å². The number of nitrogens with one attached hydrogen (secondary N) is 2. The van der Waals surface area contributed by atoms with Crippen LogP contribution in [0.5, 0.6) is 0 Å². The van der Waals surface area contributed by atoms with Crippen LogP contribution in [0.25, 0.3) is 0 Å². The molecule has 1 fully saturated rings. The molecule has 112 valence electrons. The van der Waals surface area contributed by atoms with Crippen molar-refractivity contribution in [2.24, 2.45) is 0 Å². The Morgan fingerprint density at radius 1 is 1.15 bits per heavy atom. The molecular weight excluding hydrogens is 250 g/mol. The van der Waals surface area contributed by atoms with Crippen LogP contribution in [0.3, 0.4) is 0 Å². The van der Waals surface area contributed by atoms with Gasteiger partial charge in [0, 0.05) is 24.2 Å². The van der Waals surface area contributed by atoms with E-state index in [1.54, 1.807) is 6.33 Å². The van der Waals surface area contributed by atoms with Gasteiger partial charge in [-0.25, -0.2) is 9.97 Å². The minimum absolute atomic E-state index is 0.300. The van der Waals surface area contributed by atoms with E-state index in [0.717, 1.165) is 31.1 Å². The monoisotopic (exact) mass is 277 g/mol. The molecule has 0 radical (unpaired) electrons. The maximum atomic E-state index is 4.43. The molecule has 1 aromatic rings. The van der Waals surface area contributed by atoms with E-state index in [1.807, 2.05) is 0 Å². The van der Waals surface area contributed by atoms with Crippen molar-refractivity contribution >= 4 is 11.6 Å². The number of nitrogens with zero attached hydrogens (tertiary/aromatic N) is 3. The summed E-state index contributed by atoms with van der Waals surface area (Å²) >= 11 is 0. The number of rotatable bonds is 7. The van der Waals surface area contributed by atoms with E-state index in [4.69, 9.17) is 0 Å². The van der Waals surface area contributed by atoms with Crippen LogP contribution in [-0.4, -0.2) is 47.6 Å². The van der Waals surface area contributed by atoms with Crippen LogP contribution in [0.1, 0.15) is 38.7 Å². The average molecular weight is 277 g/mol. The van der Waals surface area contributed by atoms with E-state index in [0.29, 0.717) is 5.54 Å². The SMILES string of the molecule is CCNc1ncnc(NCC2(N(C)C)CCC2)c1CC. The highest BCUT2D eigenvalue weighted by Gasteiger charge is 2.38. The van der Waals surface area contributed by atoms with Gasteiger partial charge in [0.25, 0.3) is 0 Å². The zero-order valence-electron chi connectivity index (χ0n) is 13.2. The maximum Gasteiger partial charge on any atom is 0.134 e. The molecule has 5 nitrogen and oxygen atoms in total. The van der Waals surface area contributed by atoms with Crippen LogP contribution in [0.15, 0.2) is 6.33 Å². The minimum Gasteiger partial charge on any atom is -0.370 e. The van der Waals surface area contributed by atoms with Crippen LogP contribution in [0.4, 0.5) is 11.6 Å². The predicted octanol–water partition coefficient (Wildman–Crippen LogP) is 2.37. The second-order valence-electron chi connectivity index (χ2n) is 5.76. The zero-order chi connectivity index (χ0) is 14.6. The first-order chi connectivity index (χ1) is 9.63. The predicted molar refractivity (Wildman–Crippen MR) is 84.3 cm³/mol. The van der Waals surface area contributed by atoms with E-state index >= 15 is 0 Å². The van der Waals surface area contributed by atoms with E-state index < -0.39 is 0 Å². The smallest absolute Gasteiger partial charge is 0.134 e. The Hall–Kier alpha value is -1.36. The summed E-state index contributed by atoms with van der Waals surface area (Å²) in [6.07, 6.45) is 6.43. The lowest BCUT2D eigenvalue weighted by atomic mass is 9.75. The first-order valence-electron chi connectivity index (χ1n) is 7.62. The third-order valence-electron chi connectivity index (χ3n) is 4.46. The fourth-order valence-electron chi connectivity index (χ4n) is 2.83. The lowest BCUT2D eigenvalue weighted by molar-refractivity contribution is 0.0738. The molecule has 1 saturated carbocycles. The van der Waals surface area contributed by atoms with Gasteiger partial charge in [-0.1, -0.05) is 6.92 Å². The molecule has 2 rings (SSSR count). The highest BCUT2D eigenvalue weighted by atomic mass is 15.2. The molecule has 0 unspecified atom stereocenters. The summed E-state index contributed by atoms with van der Waals surface area (Å²) in [6, 6.07) is 0. The van der Waals surface area contributed by atoms with Gasteiger partial charge in [-0.3, -0.25) is 0 Å². The average Bonchev–Trinajstić information content (AvgIpc) is 2.37. The molecule has 1 aromatic heterocycles. The first kappa shape index (κ1) is 15.0. The summed E-state index contributed by atoms with van der Waals surface area (Å²) in [4.78, 5) is 11.1. The van der Waals surface area contributed by atoms with E-state index in [1.165, 1.54) is 24.8 Å². The van der Waals surface area contributed by atoms with Gasteiger partial charge in [-0.05, 0) is 46.7 Å². The van der Waals surface area contributed by atoms with Crippen molar-refractivity contribution in [3.05, 3.63) is 11.9 Å². The molecule has 1 aliphatic carbocycles.